The molecule has 1 saturated heterocycles. The van der Waals surface area contributed by atoms with E-state index >= 15 is 0 Å². The lowest BCUT2D eigenvalue weighted by Crippen LogP contribution is -2.56. The average molecular weight is 184 g/mol. The second-order valence-corrected chi connectivity index (χ2v) is 4.11. The van der Waals surface area contributed by atoms with Crippen LogP contribution in [0.15, 0.2) is 0 Å². The van der Waals surface area contributed by atoms with Crippen LogP contribution in [-0.4, -0.2) is 17.7 Å². The Morgan fingerprint density at radius 1 is 1.08 bits per heavy atom. The third-order valence-corrected chi connectivity index (χ3v) is 2.67. The van der Waals surface area contributed by atoms with E-state index in [-0.39, 0.29) is 0 Å². The molecule has 0 N–H and O–H groups in total. The second-order valence-electron chi connectivity index (χ2n) is 4.11. The summed E-state index contributed by atoms with van der Waals surface area (Å²) < 4.78 is 10.0. The van der Waals surface area contributed by atoms with Gasteiger partial charge in [0.05, 0.1) is 0 Å². The number of cyclic esters (lactones) is 2. The van der Waals surface area contributed by atoms with Gasteiger partial charge in [-0.05, 0) is 19.3 Å². The Bertz CT molecular complexity index is 253. The van der Waals surface area contributed by atoms with Crippen molar-refractivity contribution in [3.05, 3.63) is 0 Å². The molecule has 2 rings (SSSR count). The monoisotopic (exact) mass is 184 g/mol. The fourth-order valence-corrected chi connectivity index (χ4v) is 1.68. The molecule has 13 heavy (non-hydrogen) atoms. The minimum absolute atomic E-state index is 0.417. The van der Waals surface area contributed by atoms with E-state index < -0.39 is 23.1 Å². The van der Waals surface area contributed by atoms with Crippen LogP contribution in [0.4, 0.5) is 0 Å². The lowest BCUT2D eigenvalue weighted by atomic mass is 9.68. The lowest BCUT2D eigenvalue weighted by molar-refractivity contribution is -0.257. The van der Waals surface area contributed by atoms with E-state index in [0.29, 0.717) is 12.8 Å². The van der Waals surface area contributed by atoms with E-state index in [2.05, 4.69) is 0 Å². The first-order valence-electron chi connectivity index (χ1n) is 4.43. The molecule has 2 aliphatic rings. The predicted octanol–water partition coefficient (Wildman–Crippen LogP) is 0.993. The molecule has 2 fully saturated rings. The second kappa shape index (κ2) is 2.25. The third-order valence-electron chi connectivity index (χ3n) is 2.67. The minimum Gasteiger partial charge on any atom is -0.422 e. The molecule has 0 amide bonds. The molecule has 1 saturated carbocycles. The highest BCUT2D eigenvalue weighted by molar-refractivity contribution is 6.02. The fraction of sp³-hybridized carbons (Fsp3) is 0.778. The summed E-state index contributed by atoms with van der Waals surface area (Å²) in [4.78, 5) is 23.0. The molecule has 1 aliphatic carbocycles. The summed E-state index contributed by atoms with van der Waals surface area (Å²) in [5.41, 5.74) is -0.949. The summed E-state index contributed by atoms with van der Waals surface area (Å²) in [6.45, 7) is 3.13. The molecule has 0 aromatic rings. The van der Waals surface area contributed by atoms with Gasteiger partial charge in [-0.15, -0.1) is 0 Å². The largest absolute Gasteiger partial charge is 0.422 e. The van der Waals surface area contributed by atoms with Crippen LogP contribution < -0.4 is 0 Å². The summed E-state index contributed by atoms with van der Waals surface area (Å²) in [7, 11) is 0. The Balaban J connectivity index is 2.26. The highest BCUT2D eigenvalue weighted by atomic mass is 16.7. The molecule has 1 heterocycles. The Hall–Kier alpha value is -1.06. The van der Waals surface area contributed by atoms with Crippen molar-refractivity contribution in [3.8, 4) is 0 Å². The van der Waals surface area contributed by atoms with Gasteiger partial charge in [0.1, 0.15) is 0 Å². The molecule has 0 aromatic carbocycles. The molecule has 72 valence electrons. The van der Waals surface area contributed by atoms with E-state index in [9.17, 15) is 9.59 Å². The van der Waals surface area contributed by atoms with Crippen LogP contribution in [0.3, 0.4) is 0 Å². The highest BCUT2D eigenvalue weighted by Crippen LogP contribution is 2.47. The zero-order valence-electron chi connectivity index (χ0n) is 7.75. The first-order chi connectivity index (χ1) is 5.96. The van der Waals surface area contributed by atoms with Crippen LogP contribution in [0.5, 0.6) is 0 Å². The van der Waals surface area contributed by atoms with Crippen molar-refractivity contribution in [1.29, 1.82) is 0 Å². The van der Waals surface area contributed by atoms with Crippen LogP contribution in [0.2, 0.25) is 0 Å². The van der Waals surface area contributed by atoms with Crippen LogP contribution in [-0.2, 0) is 19.1 Å². The predicted molar refractivity (Wildman–Crippen MR) is 42.5 cm³/mol. The van der Waals surface area contributed by atoms with E-state index in [1.807, 2.05) is 0 Å². The van der Waals surface area contributed by atoms with Gasteiger partial charge in [0.2, 0.25) is 0 Å². The molecule has 1 aliphatic heterocycles. The van der Waals surface area contributed by atoms with Crippen molar-refractivity contribution in [2.24, 2.45) is 5.41 Å². The van der Waals surface area contributed by atoms with Crippen LogP contribution >= 0.6 is 0 Å². The normalized spacial score (nSPS) is 29.1. The van der Waals surface area contributed by atoms with Gasteiger partial charge in [0.15, 0.2) is 5.41 Å². The molecule has 1 spiro atoms. The molecule has 0 atom stereocenters. The van der Waals surface area contributed by atoms with Gasteiger partial charge in [-0.25, -0.2) is 0 Å². The van der Waals surface area contributed by atoms with Crippen LogP contribution in [0, 0.1) is 5.41 Å². The quantitative estimate of drug-likeness (QED) is 0.416. The maximum atomic E-state index is 11.5. The molecule has 4 nitrogen and oxygen atoms in total. The maximum Gasteiger partial charge on any atom is 0.326 e. The van der Waals surface area contributed by atoms with Crippen molar-refractivity contribution in [3.63, 3.8) is 0 Å². The number of carbonyl (C=O) groups is 2. The van der Waals surface area contributed by atoms with E-state index in [0.717, 1.165) is 6.42 Å². The van der Waals surface area contributed by atoms with Gasteiger partial charge in [0, 0.05) is 13.8 Å². The summed E-state index contributed by atoms with van der Waals surface area (Å²) in [5, 5.41) is 0. The average Bonchev–Trinajstić information content (AvgIpc) is 1.77. The summed E-state index contributed by atoms with van der Waals surface area (Å²) >= 11 is 0. The van der Waals surface area contributed by atoms with Crippen molar-refractivity contribution in [2.75, 3.05) is 0 Å². The first-order valence-corrected chi connectivity index (χ1v) is 4.43. The number of hydrogen-bond acceptors (Lipinski definition) is 4. The van der Waals surface area contributed by atoms with Crippen molar-refractivity contribution in [1.82, 2.24) is 0 Å². The van der Waals surface area contributed by atoms with Crippen molar-refractivity contribution >= 4 is 11.9 Å². The molecule has 0 bridgehead atoms. The molecular weight excluding hydrogens is 172 g/mol. The first kappa shape index (κ1) is 8.53. The minimum atomic E-state index is -1.09. The Morgan fingerprint density at radius 3 is 1.85 bits per heavy atom. The molecule has 0 aromatic heterocycles. The Kier molecular flexibility index (Phi) is 1.47. The van der Waals surface area contributed by atoms with Gasteiger partial charge in [0.25, 0.3) is 5.79 Å². The molecule has 4 heteroatoms. The van der Waals surface area contributed by atoms with Crippen LogP contribution in [0.25, 0.3) is 0 Å². The zero-order valence-corrected chi connectivity index (χ0v) is 7.75. The smallest absolute Gasteiger partial charge is 0.326 e. The van der Waals surface area contributed by atoms with Crippen LogP contribution in [0.1, 0.15) is 33.1 Å². The Morgan fingerprint density at radius 2 is 1.54 bits per heavy atom. The standard InChI is InChI=1S/C9H12O4/c1-8(2)12-6(10)9(4-3-5-9)7(11)13-8/h3-5H2,1-2H3. The number of rotatable bonds is 0. The SMILES string of the molecule is CC1(C)OC(=O)C2(CCC2)C(=O)O1. The number of carbonyl (C=O) groups excluding carboxylic acids is 2. The molecule has 0 radical (unpaired) electrons. The summed E-state index contributed by atoms with van der Waals surface area (Å²) in [5.74, 6) is -1.92. The van der Waals surface area contributed by atoms with Gasteiger partial charge < -0.3 is 9.47 Å². The number of hydrogen-bond donors (Lipinski definition) is 0. The zero-order chi connectivity index (χ0) is 9.69. The van der Waals surface area contributed by atoms with Gasteiger partial charge >= 0.3 is 11.9 Å². The van der Waals surface area contributed by atoms with Gasteiger partial charge in [-0.2, -0.15) is 0 Å². The summed E-state index contributed by atoms with van der Waals surface area (Å²) in [6.07, 6.45) is 2.03. The number of ether oxygens (including phenoxy) is 2. The van der Waals surface area contributed by atoms with Gasteiger partial charge in [-0.3, -0.25) is 9.59 Å². The van der Waals surface area contributed by atoms with Crippen molar-refractivity contribution < 1.29 is 19.1 Å². The summed E-state index contributed by atoms with van der Waals surface area (Å²) in [6, 6.07) is 0. The van der Waals surface area contributed by atoms with Gasteiger partial charge in [-0.1, -0.05) is 0 Å². The fourth-order valence-electron chi connectivity index (χ4n) is 1.68. The topological polar surface area (TPSA) is 52.6 Å². The molecule has 0 unspecified atom stereocenters. The van der Waals surface area contributed by atoms with E-state index in [1.165, 1.54) is 0 Å². The molecular formula is C9H12O4. The highest BCUT2D eigenvalue weighted by Gasteiger charge is 2.59. The van der Waals surface area contributed by atoms with E-state index in [4.69, 9.17) is 9.47 Å². The van der Waals surface area contributed by atoms with E-state index in [1.54, 1.807) is 13.8 Å². The maximum absolute atomic E-state index is 11.5. The Labute approximate surface area is 76.2 Å². The lowest BCUT2D eigenvalue weighted by Gasteiger charge is -2.44. The van der Waals surface area contributed by atoms with Crippen molar-refractivity contribution in [2.45, 2.75) is 38.9 Å². The third kappa shape index (κ3) is 1.04. The number of esters is 2.